The van der Waals surface area contributed by atoms with Crippen LogP contribution in [0.15, 0.2) is 5.38 Å². The van der Waals surface area contributed by atoms with Crippen LogP contribution in [0.5, 0.6) is 0 Å². The van der Waals surface area contributed by atoms with Gasteiger partial charge in [-0.3, -0.25) is 4.79 Å². The largest absolute Gasteiger partial charge is 0.434 e. The van der Waals surface area contributed by atoms with Gasteiger partial charge >= 0.3 is 6.18 Å². The molecule has 0 radical (unpaired) electrons. The number of hydrogen-bond donors (Lipinski definition) is 2. The molecule has 0 bridgehead atoms. The van der Waals surface area contributed by atoms with E-state index >= 15 is 0 Å². The maximum absolute atomic E-state index is 12.4. The van der Waals surface area contributed by atoms with E-state index < -0.39 is 29.9 Å². The molecule has 0 saturated carbocycles. The summed E-state index contributed by atoms with van der Waals surface area (Å²) in [4.78, 5) is 14.9. The molecular formula is C10H15ClF3N3OS. The highest BCUT2D eigenvalue weighted by atomic mass is 35.5. The molecular weight excluding hydrogens is 303 g/mol. The van der Waals surface area contributed by atoms with E-state index in [-0.39, 0.29) is 17.4 Å². The highest BCUT2D eigenvalue weighted by Gasteiger charge is 2.34. The van der Waals surface area contributed by atoms with E-state index in [0.29, 0.717) is 6.42 Å². The fourth-order valence-electron chi connectivity index (χ4n) is 1.22. The SMILES string of the molecule is CCC(NC(=O)[C@H](C)N)c1nc(C(F)(F)F)cs1.Cl. The zero-order valence-electron chi connectivity index (χ0n) is 10.3. The van der Waals surface area contributed by atoms with E-state index in [4.69, 9.17) is 5.73 Å². The number of halogens is 4. The topological polar surface area (TPSA) is 68.0 Å². The molecule has 1 unspecified atom stereocenters. The molecule has 1 heterocycles. The molecule has 2 atom stereocenters. The first-order valence-electron chi connectivity index (χ1n) is 5.34. The van der Waals surface area contributed by atoms with Gasteiger partial charge in [0.2, 0.25) is 5.91 Å². The Morgan fingerprint density at radius 1 is 1.58 bits per heavy atom. The lowest BCUT2D eigenvalue weighted by atomic mass is 10.2. The van der Waals surface area contributed by atoms with Gasteiger partial charge in [0, 0.05) is 5.38 Å². The van der Waals surface area contributed by atoms with Gasteiger partial charge in [0.05, 0.1) is 12.1 Å². The lowest BCUT2D eigenvalue weighted by Gasteiger charge is -2.16. The van der Waals surface area contributed by atoms with E-state index in [0.717, 1.165) is 16.7 Å². The van der Waals surface area contributed by atoms with Crippen molar-refractivity contribution in [3.8, 4) is 0 Å². The van der Waals surface area contributed by atoms with Crippen LogP contribution in [-0.4, -0.2) is 16.9 Å². The highest BCUT2D eigenvalue weighted by Crippen LogP contribution is 2.32. The number of nitrogens with one attached hydrogen (secondary N) is 1. The number of carbonyl (C=O) groups excluding carboxylic acids is 1. The van der Waals surface area contributed by atoms with Crippen molar-refractivity contribution in [3.05, 3.63) is 16.1 Å². The van der Waals surface area contributed by atoms with Gasteiger partial charge in [-0.05, 0) is 13.3 Å². The third-order valence-corrected chi connectivity index (χ3v) is 3.21. The van der Waals surface area contributed by atoms with Crippen LogP contribution in [-0.2, 0) is 11.0 Å². The van der Waals surface area contributed by atoms with Gasteiger partial charge in [-0.15, -0.1) is 23.7 Å². The Morgan fingerprint density at radius 3 is 2.53 bits per heavy atom. The Hall–Kier alpha value is -0.860. The normalized spacial score (nSPS) is 14.4. The first-order valence-corrected chi connectivity index (χ1v) is 6.22. The fraction of sp³-hybridized carbons (Fsp3) is 0.600. The second-order valence-corrected chi connectivity index (χ2v) is 4.72. The number of aromatic nitrogens is 1. The first-order chi connectivity index (χ1) is 8.25. The summed E-state index contributed by atoms with van der Waals surface area (Å²) in [5, 5.41) is 3.74. The van der Waals surface area contributed by atoms with Crippen molar-refractivity contribution in [3.63, 3.8) is 0 Å². The van der Waals surface area contributed by atoms with Crippen molar-refractivity contribution in [1.82, 2.24) is 10.3 Å². The van der Waals surface area contributed by atoms with Gasteiger partial charge < -0.3 is 11.1 Å². The minimum Gasteiger partial charge on any atom is -0.346 e. The lowest BCUT2D eigenvalue weighted by Crippen LogP contribution is -2.40. The Kier molecular flexibility index (Phi) is 6.74. The van der Waals surface area contributed by atoms with Crippen molar-refractivity contribution in [1.29, 1.82) is 0 Å². The molecule has 1 rings (SSSR count). The predicted molar refractivity (Wildman–Crippen MR) is 69.2 cm³/mol. The van der Waals surface area contributed by atoms with E-state index in [1.54, 1.807) is 6.92 Å². The molecule has 0 aliphatic rings. The lowest BCUT2D eigenvalue weighted by molar-refractivity contribution is -0.140. The van der Waals surface area contributed by atoms with Crippen LogP contribution in [0.1, 0.15) is 37.0 Å². The van der Waals surface area contributed by atoms with Crippen LogP contribution in [0.4, 0.5) is 13.2 Å². The Bertz CT molecular complexity index is 422. The maximum atomic E-state index is 12.4. The second-order valence-electron chi connectivity index (χ2n) is 3.83. The molecule has 0 spiro atoms. The van der Waals surface area contributed by atoms with E-state index in [1.165, 1.54) is 6.92 Å². The summed E-state index contributed by atoms with van der Waals surface area (Å²) >= 11 is 0.876. The van der Waals surface area contributed by atoms with Crippen LogP contribution in [0.2, 0.25) is 0 Å². The summed E-state index contributed by atoms with van der Waals surface area (Å²) in [6, 6.07) is -1.24. The maximum Gasteiger partial charge on any atom is 0.434 e. The number of amides is 1. The second kappa shape index (κ2) is 7.06. The molecule has 3 N–H and O–H groups in total. The molecule has 0 aromatic carbocycles. The number of carbonyl (C=O) groups is 1. The van der Waals surface area contributed by atoms with Crippen LogP contribution in [0.25, 0.3) is 0 Å². The van der Waals surface area contributed by atoms with Crippen molar-refractivity contribution in [2.45, 2.75) is 38.5 Å². The Balaban J connectivity index is 0.00000324. The smallest absolute Gasteiger partial charge is 0.346 e. The first kappa shape index (κ1) is 18.1. The summed E-state index contributed by atoms with van der Waals surface area (Å²) < 4.78 is 37.2. The monoisotopic (exact) mass is 317 g/mol. The molecule has 0 fully saturated rings. The molecule has 0 saturated heterocycles. The molecule has 1 aromatic heterocycles. The van der Waals surface area contributed by atoms with Crippen LogP contribution >= 0.6 is 23.7 Å². The molecule has 1 amide bonds. The number of nitrogens with zero attached hydrogens (tertiary/aromatic N) is 1. The van der Waals surface area contributed by atoms with Crippen LogP contribution in [0, 0.1) is 0 Å². The summed E-state index contributed by atoms with van der Waals surface area (Å²) in [5.74, 6) is -0.411. The molecule has 0 aliphatic heterocycles. The molecule has 0 aliphatic carbocycles. The zero-order chi connectivity index (χ0) is 13.9. The van der Waals surface area contributed by atoms with Gasteiger partial charge in [0.1, 0.15) is 5.01 Å². The number of thiazole rings is 1. The average molecular weight is 318 g/mol. The van der Waals surface area contributed by atoms with Crippen molar-refractivity contribution >= 4 is 29.7 Å². The van der Waals surface area contributed by atoms with Crippen molar-refractivity contribution in [2.75, 3.05) is 0 Å². The average Bonchev–Trinajstić information content (AvgIpc) is 2.73. The van der Waals surface area contributed by atoms with Gasteiger partial charge in [0.25, 0.3) is 0 Å². The van der Waals surface area contributed by atoms with Gasteiger partial charge in [-0.25, -0.2) is 4.98 Å². The molecule has 110 valence electrons. The third kappa shape index (κ3) is 4.96. The van der Waals surface area contributed by atoms with Crippen molar-refractivity contribution < 1.29 is 18.0 Å². The summed E-state index contributed by atoms with van der Waals surface area (Å²) in [5.41, 5.74) is 4.45. The summed E-state index contributed by atoms with van der Waals surface area (Å²) in [6.45, 7) is 3.26. The van der Waals surface area contributed by atoms with Gasteiger partial charge in [-0.1, -0.05) is 6.92 Å². The predicted octanol–water partition coefficient (Wildman–Crippen LogP) is 2.50. The number of nitrogens with two attached hydrogens (primary N) is 1. The summed E-state index contributed by atoms with van der Waals surface area (Å²) in [7, 11) is 0. The number of rotatable bonds is 4. The van der Waals surface area contributed by atoms with E-state index in [2.05, 4.69) is 10.3 Å². The van der Waals surface area contributed by atoms with Gasteiger partial charge in [-0.2, -0.15) is 13.2 Å². The fourth-order valence-corrected chi connectivity index (χ4v) is 2.18. The summed E-state index contributed by atoms with van der Waals surface area (Å²) in [6.07, 6.45) is -4.01. The number of hydrogen-bond acceptors (Lipinski definition) is 4. The van der Waals surface area contributed by atoms with Crippen molar-refractivity contribution in [2.24, 2.45) is 5.73 Å². The number of alkyl halides is 3. The quantitative estimate of drug-likeness (QED) is 0.896. The van der Waals surface area contributed by atoms with Gasteiger partial charge in [0.15, 0.2) is 5.69 Å². The minimum absolute atomic E-state index is 0. The third-order valence-electron chi connectivity index (χ3n) is 2.25. The Labute approximate surface area is 119 Å². The molecule has 19 heavy (non-hydrogen) atoms. The molecule has 9 heteroatoms. The highest BCUT2D eigenvalue weighted by molar-refractivity contribution is 7.09. The van der Waals surface area contributed by atoms with E-state index in [1.807, 2.05) is 0 Å². The zero-order valence-corrected chi connectivity index (χ0v) is 12.0. The minimum atomic E-state index is -4.46. The van der Waals surface area contributed by atoms with E-state index in [9.17, 15) is 18.0 Å². The molecule has 1 aromatic rings. The van der Waals surface area contributed by atoms with Crippen LogP contribution < -0.4 is 11.1 Å². The standard InChI is InChI=1S/C10H14F3N3OS.ClH/c1-3-6(15-8(17)5(2)14)9-16-7(4-18-9)10(11,12)13;/h4-6H,3,14H2,1-2H3,(H,15,17);1H/t5-,6?;/m0./s1. The Morgan fingerprint density at radius 2 is 2.16 bits per heavy atom. The van der Waals surface area contributed by atoms with Crippen LogP contribution in [0.3, 0.4) is 0 Å². The molecule has 4 nitrogen and oxygen atoms in total.